The minimum atomic E-state index is 0.415. The second kappa shape index (κ2) is 6.35. The second-order valence-corrected chi connectivity index (χ2v) is 5.87. The predicted octanol–water partition coefficient (Wildman–Crippen LogP) is 2.13. The maximum absolute atomic E-state index is 6.16. The molecule has 0 amide bonds. The van der Waals surface area contributed by atoms with E-state index in [9.17, 15) is 0 Å². The average Bonchev–Trinajstić information content (AvgIpc) is 2.33. The van der Waals surface area contributed by atoms with Crippen molar-refractivity contribution >= 4 is 23.2 Å². The number of halogens is 2. The lowest BCUT2D eigenvalue weighted by Gasteiger charge is -2.37. The van der Waals surface area contributed by atoms with Crippen LogP contribution >= 0.6 is 23.2 Å². The van der Waals surface area contributed by atoms with Gasteiger partial charge in [0, 0.05) is 37.7 Å². The molecule has 19 heavy (non-hydrogen) atoms. The van der Waals surface area contributed by atoms with Crippen LogP contribution in [-0.4, -0.2) is 59.5 Å². The van der Waals surface area contributed by atoms with Gasteiger partial charge in [0.1, 0.15) is 16.1 Å². The summed E-state index contributed by atoms with van der Waals surface area (Å²) < 4.78 is 0. The number of likely N-dealkylation sites (N-methyl/N-ethyl adjacent to an activating group) is 2. The first kappa shape index (κ1) is 15.0. The van der Waals surface area contributed by atoms with Crippen LogP contribution in [-0.2, 0) is 12.8 Å². The highest BCUT2D eigenvalue weighted by Crippen LogP contribution is 2.22. The van der Waals surface area contributed by atoms with Gasteiger partial charge in [-0.25, -0.2) is 9.97 Å². The van der Waals surface area contributed by atoms with Crippen molar-refractivity contribution in [3.05, 3.63) is 21.7 Å². The zero-order valence-electron chi connectivity index (χ0n) is 11.7. The molecule has 1 aromatic rings. The molecule has 106 valence electrons. The molecule has 0 aromatic carbocycles. The zero-order valence-corrected chi connectivity index (χ0v) is 13.2. The third kappa shape index (κ3) is 3.57. The topological polar surface area (TPSA) is 32.3 Å². The molecule has 1 unspecified atom stereocenters. The van der Waals surface area contributed by atoms with Crippen molar-refractivity contribution in [2.24, 2.45) is 0 Å². The molecule has 0 saturated carbocycles. The maximum Gasteiger partial charge on any atom is 0.137 e. The van der Waals surface area contributed by atoms with Crippen molar-refractivity contribution < 1.29 is 0 Å². The van der Waals surface area contributed by atoms with E-state index >= 15 is 0 Å². The van der Waals surface area contributed by atoms with Crippen LogP contribution in [0.2, 0.25) is 10.3 Å². The highest BCUT2D eigenvalue weighted by molar-refractivity contribution is 6.34. The standard InChI is InChI=1S/C13H20Cl2N4/c1-4-10-12(14)16-11(17-13(10)15)7-9-8-18(2)5-6-19(9)3/h9H,4-8H2,1-3H3. The molecule has 4 nitrogen and oxygen atoms in total. The first-order valence-corrected chi connectivity index (χ1v) is 7.36. The van der Waals surface area contributed by atoms with Crippen molar-refractivity contribution in [3.63, 3.8) is 0 Å². The Kier molecular flexibility index (Phi) is 5.01. The van der Waals surface area contributed by atoms with Crippen molar-refractivity contribution in [2.45, 2.75) is 25.8 Å². The van der Waals surface area contributed by atoms with Crippen molar-refractivity contribution in [1.82, 2.24) is 19.8 Å². The van der Waals surface area contributed by atoms with Crippen molar-refractivity contribution in [2.75, 3.05) is 33.7 Å². The van der Waals surface area contributed by atoms with Gasteiger partial charge in [0.25, 0.3) is 0 Å². The Morgan fingerprint density at radius 1 is 1.16 bits per heavy atom. The first-order valence-electron chi connectivity index (χ1n) is 6.60. The Morgan fingerprint density at radius 3 is 2.37 bits per heavy atom. The van der Waals surface area contributed by atoms with E-state index in [0.717, 1.165) is 43.9 Å². The van der Waals surface area contributed by atoms with Crippen LogP contribution in [0, 0.1) is 0 Å². The van der Waals surface area contributed by atoms with Crippen LogP contribution in [0.4, 0.5) is 0 Å². The van der Waals surface area contributed by atoms with Gasteiger partial charge in [-0.2, -0.15) is 0 Å². The summed E-state index contributed by atoms with van der Waals surface area (Å²) in [6, 6.07) is 0.415. The lowest BCUT2D eigenvalue weighted by atomic mass is 10.1. The van der Waals surface area contributed by atoms with Gasteiger partial charge in [-0.3, -0.25) is 0 Å². The van der Waals surface area contributed by atoms with Crippen LogP contribution in [0.1, 0.15) is 18.3 Å². The Labute approximate surface area is 124 Å². The molecule has 1 aliphatic heterocycles. The quantitative estimate of drug-likeness (QED) is 0.801. The molecule has 6 heteroatoms. The van der Waals surface area contributed by atoms with E-state index in [1.54, 1.807) is 0 Å². The van der Waals surface area contributed by atoms with Gasteiger partial charge in [-0.05, 0) is 20.5 Å². The summed E-state index contributed by atoms with van der Waals surface area (Å²) >= 11 is 12.3. The van der Waals surface area contributed by atoms with Crippen LogP contribution in [0.15, 0.2) is 0 Å². The summed E-state index contributed by atoms with van der Waals surface area (Å²) in [6.07, 6.45) is 1.54. The monoisotopic (exact) mass is 302 g/mol. The fourth-order valence-corrected chi connectivity index (χ4v) is 3.08. The second-order valence-electron chi connectivity index (χ2n) is 5.15. The lowest BCUT2D eigenvalue weighted by molar-refractivity contribution is 0.113. The molecule has 1 aliphatic rings. The minimum Gasteiger partial charge on any atom is -0.304 e. The Hall–Kier alpha value is -0.420. The number of hydrogen-bond acceptors (Lipinski definition) is 4. The summed E-state index contributed by atoms with van der Waals surface area (Å²) in [5, 5.41) is 0.980. The van der Waals surface area contributed by atoms with Gasteiger partial charge in [0.05, 0.1) is 0 Å². The molecule has 0 spiro atoms. The number of piperazine rings is 1. The molecule has 0 aliphatic carbocycles. The zero-order chi connectivity index (χ0) is 14.0. The Balaban J connectivity index is 2.14. The molecule has 0 bridgehead atoms. The Bertz CT molecular complexity index is 429. The van der Waals surface area contributed by atoms with E-state index in [4.69, 9.17) is 23.2 Å². The normalized spacial score (nSPS) is 21.8. The van der Waals surface area contributed by atoms with Crippen LogP contribution in [0.5, 0.6) is 0 Å². The molecule has 0 N–H and O–H groups in total. The molecular formula is C13H20Cl2N4. The highest BCUT2D eigenvalue weighted by Gasteiger charge is 2.24. The Morgan fingerprint density at radius 2 is 1.79 bits per heavy atom. The van der Waals surface area contributed by atoms with E-state index in [2.05, 4.69) is 33.9 Å². The van der Waals surface area contributed by atoms with Crippen molar-refractivity contribution in [1.29, 1.82) is 0 Å². The van der Waals surface area contributed by atoms with Gasteiger partial charge in [0.15, 0.2) is 0 Å². The lowest BCUT2D eigenvalue weighted by Crippen LogP contribution is -2.51. The van der Waals surface area contributed by atoms with Gasteiger partial charge >= 0.3 is 0 Å². The number of hydrogen-bond donors (Lipinski definition) is 0. The number of aromatic nitrogens is 2. The average molecular weight is 303 g/mol. The van der Waals surface area contributed by atoms with Crippen LogP contribution in [0.3, 0.4) is 0 Å². The molecule has 1 fully saturated rings. The molecule has 1 aromatic heterocycles. The van der Waals surface area contributed by atoms with E-state index in [-0.39, 0.29) is 0 Å². The van der Waals surface area contributed by atoms with Crippen molar-refractivity contribution in [3.8, 4) is 0 Å². The number of nitrogens with zero attached hydrogens (tertiary/aromatic N) is 4. The van der Waals surface area contributed by atoms with Gasteiger partial charge in [0.2, 0.25) is 0 Å². The third-order valence-electron chi connectivity index (χ3n) is 3.70. The van der Waals surface area contributed by atoms with E-state index < -0.39 is 0 Å². The molecule has 0 radical (unpaired) electrons. The van der Waals surface area contributed by atoms with Gasteiger partial charge < -0.3 is 9.80 Å². The molecule has 2 heterocycles. The van der Waals surface area contributed by atoms with E-state index in [0.29, 0.717) is 16.3 Å². The fraction of sp³-hybridized carbons (Fsp3) is 0.692. The smallest absolute Gasteiger partial charge is 0.137 e. The largest absolute Gasteiger partial charge is 0.304 e. The van der Waals surface area contributed by atoms with E-state index in [1.165, 1.54) is 0 Å². The van der Waals surface area contributed by atoms with Gasteiger partial charge in [-0.1, -0.05) is 30.1 Å². The minimum absolute atomic E-state index is 0.415. The first-order chi connectivity index (χ1) is 9.01. The van der Waals surface area contributed by atoms with Crippen LogP contribution < -0.4 is 0 Å². The van der Waals surface area contributed by atoms with Crippen LogP contribution in [0.25, 0.3) is 0 Å². The molecule has 1 atom stereocenters. The maximum atomic E-state index is 6.16. The number of rotatable bonds is 3. The SMILES string of the molecule is CCc1c(Cl)nc(CC2CN(C)CCN2C)nc1Cl. The summed E-state index contributed by atoms with van der Waals surface area (Å²) in [6.45, 7) is 5.18. The third-order valence-corrected chi connectivity index (χ3v) is 4.33. The predicted molar refractivity (Wildman–Crippen MR) is 79.0 cm³/mol. The molecule has 1 saturated heterocycles. The highest BCUT2D eigenvalue weighted by atomic mass is 35.5. The molecule has 2 rings (SSSR count). The van der Waals surface area contributed by atoms with E-state index in [1.807, 2.05) is 6.92 Å². The summed E-state index contributed by atoms with van der Waals surface area (Å²) in [4.78, 5) is 13.4. The summed E-state index contributed by atoms with van der Waals surface area (Å²) in [5.41, 5.74) is 0.834. The molecular weight excluding hydrogens is 283 g/mol. The van der Waals surface area contributed by atoms with Gasteiger partial charge in [-0.15, -0.1) is 0 Å². The summed E-state index contributed by atoms with van der Waals surface area (Å²) in [5.74, 6) is 0.736. The summed E-state index contributed by atoms with van der Waals surface area (Å²) in [7, 11) is 4.28. The fourth-order valence-electron chi connectivity index (χ4n) is 2.39.